The van der Waals surface area contributed by atoms with E-state index in [1.807, 2.05) is 66.9 Å². The molecule has 0 saturated heterocycles. The largest absolute Gasteiger partial charge is 0.487 e. The zero-order valence-electron chi connectivity index (χ0n) is 16.7. The summed E-state index contributed by atoms with van der Waals surface area (Å²) in [5, 5.41) is 0. The molecular formula is C25H22N4O. The molecule has 0 saturated carbocycles. The molecule has 148 valence electrons. The molecule has 0 fully saturated rings. The van der Waals surface area contributed by atoms with Gasteiger partial charge in [0, 0.05) is 24.2 Å². The average Bonchev–Trinajstić information content (AvgIpc) is 2.83. The van der Waals surface area contributed by atoms with Crippen molar-refractivity contribution in [2.75, 3.05) is 0 Å². The lowest BCUT2D eigenvalue weighted by Crippen LogP contribution is -1.98. The van der Waals surface area contributed by atoms with Gasteiger partial charge in [0.1, 0.15) is 12.4 Å². The Labute approximate surface area is 176 Å². The summed E-state index contributed by atoms with van der Waals surface area (Å²) in [6, 6.07) is 23.8. The van der Waals surface area contributed by atoms with Gasteiger partial charge >= 0.3 is 0 Å². The maximum atomic E-state index is 5.82. The molecule has 0 spiro atoms. The minimum atomic E-state index is 0.0884. The highest BCUT2D eigenvalue weighted by Gasteiger charge is 2.03. The van der Waals surface area contributed by atoms with E-state index < -0.39 is 0 Å². The summed E-state index contributed by atoms with van der Waals surface area (Å²) < 4.78 is 5.82. The fraction of sp³-hybridized carbons (Fsp3) is 0.120. The standard InChI is InChI=1S/C25H22N4O/c1-19(21-7-3-2-4-8-21)27-16-22-11-12-23(17-28-22)30-18-20-10-13-25(29-15-20)24-9-5-6-14-26-24/h2-17,19H,18H2,1H3/t19-/m0/s1. The average molecular weight is 394 g/mol. The Bertz CT molecular complexity index is 1080. The maximum absolute atomic E-state index is 5.82. The van der Waals surface area contributed by atoms with Gasteiger partial charge in [-0.1, -0.05) is 42.5 Å². The van der Waals surface area contributed by atoms with Crippen LogP contribution in [0.2, 0.25) is 0 Å². The van der Waals surface area contributed by atoms with E-state index in [-0.39, 0.29) is 6.04 Å². The molecule has 5 nitrogen and oxygen atoms in total. The summed E-state index contributed by atoms with van der Waals surface area (Å²) in [7, 11) is 0. The molecule has 5 heteroatoms. The van der Waals surface area contributed by atoms with Crippen LogP contribution in [0.5, 0.6) is 5.75 Å². The van der Waals surface area contributed by atoms with Crippen molar-refractivity contribution in [3.8, 4) is 17.1 Å². The van der Waals surface area contributed by atoms with Gasteiger partial charge in [0.25, 0.3) is 0 Å². The first kappa shape index (κ1) is 19.5. The van der Waals surface area contributed by atoms with Gasteiger partial charge in [0.2, 0.25) is 0 Å². The van der Waals surface area contributed by atoms with Crippen LogP contribution in [-0.2, 0) is 6.61 Å². The van der Waals surface area contributed by atoms with Gasteiger partial charge in [0.15, 0.2) is 0 Å². The lowest BCUT2D eigenvalue weighted by molar-refractivity contribution is 0.304. The molecule has 1 atom stereocenters. The van der Waals surface area contributed by atoms with Crippen molar-refractivity contribution >= 4 is 6.21 Å². The van der Waals surface area contributed by atoms with E-state index >= 15 is 0 Å². The van der Waals surface area contributed by atoms with E-state index in [1.54, 1.807) is 18.6 Å². The fourth-order valence-corrected chi connectivity index (χ4v) is 2.90. The van der Waals surface area contributed by atoms with Crippen molar-refractivity contribution < 1.29 is 4.74 Å². The van der Waals surface area contributed by atoms with Crippen LogP contribution in [0.25, 0.3) is 11.4 Å². The second kappa shape index (κ2) is 9.56. The topological polar surface area (TPSA) is 60.3 Å². The highest BCUT2D eigenvalue weighted by molar-refractivity contribution is 5.77. The summed E-state index contributed by atoms with van der Waals surface area (Å²) in [6.07, 6.45) is 7.08. The number of rotatable bonds is 7. The van der Waals surface area contributed by atoms with E-state index in [0.29, 0.717) is 12.4 Å². The van der Waals surface area contributed by atoms with Gasteiger partial charge in [-0.2, -0.15) is 0 Å². The second-order valence-corrected chi connectivity index (χ2v) is 6.84. The van der Waals surface area contributed by atoms with Crippen molar-refractivity contribution in [2.24, 2.45) is 4.99 Å². The van der Waals surface area contributed by atoms with Gasteiger partial charge in [-0.05, 0) is 42.8 Å². The minimum Gasteiger partial charge on any atom is -0.487 e. The lowest BCUT2D eigenvalue weighted by Gasteiger charge is -2.07. The third-order valence-corrected chi connectivity index (χ3v) is 4.63. The molecule has 0 aliphatic rings. The molecule has 30 heavy (non-hydrogen) atoms. The number of pyridine rings is 3. The SMILES string of the molecule is C[C@H](N=Cc1ccc(OCc2ccc(-c3ccccn3)nc2)cn1)c1ccccc1. The number of hydrogen-bond donors (Lipinski definition) is 0. The van der Waals surface area contributed by atoms with Gasteiger partial charge in [-0.3, -0.25) is 19.9 Å². The fourth-order valence-electron chi connectivity index (χ4n) is 2.90. The molecule has 0 aliphatic heterocycles. The molecule has 1 aromatic carbocycles. The highest BCUT2D eigenvalue weighted by atomic mass is 16.5. The van der Waals surface area contributed by atoms with Crippen LogP contribution in [0.1, 0.15) is 29.8 Å². The van der Waals surface area contributed by atoms with Gasteiger partial charge in [-0.15, -0.1) is 0 Å². The summed E-state index contributed by atoms with van der Waals surface area (Å²) in [5.41, 5.74) is 4.65. The van der Waals surface area contributed by atoms with E-state index in [4.69, 9.17) is 4.74 Å². The van der Waals surface area contributed by atoms with E-state index in [0.717, 1.165) is 22.6 Å². The summed E-state index contributed by atoms with van der Waals surface area (Å²) in [6.45, 7) is 2.49. The lowest BCUT2D eigenvalue weighted by atomic mass is 10.1. The van der Waals surface area contributed by atoms with Crippen LogP contribution < -0.4 is 4.74 Å². The molecule has 0 radical (unpaired) electrons. The van der Waals surface area contributed by atoms with E-state index in [2.05, 4.69) is 39.0 Å². The van der Waals surface area contributed by atoms with Crippen molar-refractivity contribution in [3.63, 3.8) is 0 Å². The Morgan fingerprint density at radius 1 is 0.833 bits per heavy atom. The number of ether oxygens (including phenoxy) is 1. The van der Waals surface area contributed by atoms with E-state index in [9.17, 15) is 0 Å². The molecule has 0 bridgehead atoms. The molecule has 0 unspecified atom stereocenters. The zero-order valence-corrected chi connectivity index (χ0v) is 16.7. The molecule has 0 amide bonds. The van der Waals surface area contributed by atoms with Crippen LogP contribution in [-0.4, -0.2) is 21.2 Å². The molecule has 4 rings (SSSR count). The minimum absolute atomic E-state index is 0.0884. The number of nitrogens with zero attached hydrogens (tertiary/aromatic N) is 4. The smallest absolute Gasteiger partial charge is 0.138 e. The Kier molecular flexibility index (Phi) is 6.20. The van der Waals surface area contributed by atoms with Crippen LogP contribution >= 0.6 is 0 Å². The van der Waals surface area contributed by atoms with Crippen molar-refractivity contribution in [2.45, 2.75) is 19.6 Å². The first-order valence-electron chi connectivity index (χ1n) is 9.81. The van der Waals surface area contributed by atoms with Crippen LogP contribution in [0.4, 0.5) is 0 Å². The molecule has 0 aliphatic carbocycles. The normalized spacial score (nSPS) is 12.0. The molecule has 0 N–H and O–H groups in total. The van der Waals surface area contributed by atoms with Crippen LogP contribution in [0.3, 0.4) is 0 Å². The number of aromatic nitrogens is 3. The Balaban J connectivity index is 1.32. The predicted molar refractivity (Wildman–Crippen MR) is 118 cm³/mol. The van der Waals surface area contributed by atoms with Gasteiger partial charge < -0.3 is 4.74 Å². The van der Waals surface area contributed by atoms with Crippen molar-refractivity contribution in [1.82, 2.24) is 15.0 Å². The van der Waals surface area contributed by atoms with Gasteiger partial charge in [0.05, 0.1) is 29.3 Å². The van der Waals surface area contributed by atoms with Gasteiger partial charge in [-0.25, -0.2) is 0 Å². The Morgan fingerprint density at radius 3 is 2.37 bits per heavy atom. The molecule has 3 heterocycles. The molecule has 3 aromatic heterocycles. The van der Waals surface area contributed by atoms with Crippen molar-refractivity contribution in [3.05, 3.63) is 108 Å². The maximum Gasteiger partial charge on any atom is 0.138 e. The summed E-state index contributed by atoms with van der Waals surface area (Å²) in [5.74, 6) is 0.706. The Hall–Kier alpha value is -3.86. The third kappa shape index (κ3) is 5.14. The predicted octanol–water partition coefficient (Wildman–Crippen LogP) is 5.30. The summed E-state index contributed by atoms with van der Waals surface area (Å²) >= 11 is 0. The highest BCUT2D eigenvalue weighted by Crippen LogP contribution is 2.17. The van der Waals surface area contributed by atoms with Crippen molar-refractivity contribution in [1.29, 1.82) is 0 Å². The number of hydrogen-bond acceptors (Lipinski definition) is 5. The monoisotopic (exact) mass is 394 g/mol. The third-order valence-electron chi connectivity index (χ3n) is 4.63. The molecule has 4 aromatic rings. The van der Waals surface area contributed by atoms with E-state index in [1.165, 1.54) is 5.56 Å². The van der Waals surface area contributed by atoms with Crippen LogP contribution in [0, 0.1) is 0 Å². The summed E-state index contributed by atoms with van der Waals surface area (Å²) in [4.78, 5) is 17.8. The first-order chi connectivity index (χ1) is 14.8. The zero-order chi connectivity index (χ0) is 20.6. The number of benzene rings is 1. The Morgan fingerprint density at radius 2 is 1.67 bits per heavy atom. The van der Waals surface area contributed by atoms with Crippen LogP contribution in [0.15, 0.2) is 96.4 Å². The second-order valence-electron chi connectivity index (χ2n) is 6.84. The molecular weight excluding hydrogens is 372 g/mol. The number of aliphatic imine (C=N–C) groups is 1. The quantitative estimate of drug-likeness (QED) is 0.399. The first-order valence-corrected chi connectivity index (χ1v) is 9.81.